The fraction of sp³-hybridized carbons (Fsp3) is 0.625. The Morgan fingerprint density at radius 3 is 2.88 bits per heavy atom. The maximum atomic E-state index is 13.2. The zero-order valence-electron chi connectivity index (χ0n) is 8.56. The van der Waals surface area contributed by atoms with E-state index in [4.69, 9.17) is 5.11 Å². The van der Waals surface area contributed by atoms with Crippen molar-refractivity contribution in [2.24, 2.45) is 0 Å². The smallest absolute Gasteiger partial charge is 0.379 e. The highest BCUT2D eigenvalue weighted by atomic mass is 19.3. The van der Waals surface area contributed by atoms with Gasteiger partial charge < -0.3 is 9.84 Å². The van der Waals surface area contributed by atoms with E-state index < -0.39 is 25.0 Å². The van der Waals surface area contributed by atoms with Crippen LogP contribution in [0.5, 0.6) is 0 Å². The van der Waals surface area contributed by atoms with Crippen LogP contribution in [0.2, 0.25) is 0 Å². The minimum absolute atomic E-state index is 0.117. The molecule has 0 saturated carbocycles. The lowest BCUT2D eigenvalue weighted by atomic mass is 10.3. The summed E-state index contributed by atoms with van der Waals surface area (Å²) in [5.74, 6) is -5.26. The van der Waals surface area contributed by atoms with Gasteiger partial charge in [0, 0.05) is 0 Å². The molecule has 1 aromatic heterocycles. The minimum atomic E-state index is -3.66. The third-order valence-corrected chi connectivity index (χ3v) is 1.68. The van der Waals surface area contributed by atoms with Crippen molar-refractivity contribution >= 4 is 5.97 Å². The molecule has 0 aliphatic carbocycles. The lowest BCUT2D eigenvalue weighted by molar-refractivity contribution is -0.173. The Morgan fingerprint density at radius 1 is 1.69 bits per heavy atom. The molecule has 6 nitrogen and oxygen atoms in total. The van der Waals surface area contributed by atoms with E-state index >= 15 is 0 Å². The summed E-state index contributed by atoms with van der Waals surface area (Å²) < 4.78 is 31.3. The van der Waals surface area contributed by atoms with Crippen molar-refractivity contribution in [2.45, 2.75) is 26.0 Å². The van der Waals surface area contributed by atoms with Gasteiger partial charge in [-0.15, -0.1) is 5.10 Å². The second kappa shape index (κ2) is 4.97. The molecule has 0 spiro atoms. The number of hydrogen-bond donors (Lipinski definition) is 1. The van der Waals surface area contributed by atoms with Gasteiger partial charge in [0.1, 0.15) is 12.2 Å². The Labute approximate surface area is 89.8 Å². The number of halogens is 2. The molecule has 1 N–H and O–H groups in total. The Bertz CT molecular complexity index is 367. The van der Waals surface area contributed by atoms with Crippen LogP contribution in [0.3, 0.4) is 0 Å². The molecule has 0 aromatic carbocycles. The molecule has 1 aromatic rings. The van der Waals surface area contributed by atoms with Crippen molar-refractivity contribution in [3.63, 3.8) is 0 Å². The first kappa shape index (κ1) is 12.5. The predicted octanol–water partition coefficient (Wildman–Crippen LogP) is -0.0312. The van der Waals surface area contributed by atoms with Gasteiger partial charge >= 0.3 is 11.9 Å². The van der Waals surface area contributed by atoms with E-state index in [2.05, 4.69) is 15.0 Å². The number of aliphatic hydroxyl groups is 1. The number of rotatable bonds is 5. The molecule has 0 fully saturated rings. The van der Waals surface area contributed by atoms with E-state index in [1.807, 2.05) is 0 Å². The Kier molecular flexibility index (Phi) is 3.88. The topological polar surface area (TPSA) is 77.2 Å². The van der Waals surface area contributed by atoms with E-state index in [9.17, 15) is 13.6 Å². The Morgan fingerprint density at radius 2 is 2.38 bits per heavy atom. The van der Waals surface area contributed by atoms with Crippen LogP contribution in [0.15, 0.2) is 6.20 Å². The zero-order chi connectivity index (χ0) is 12.2. The number of nitrogens with zero attached hydrogens (tertiary/aromatic N) is 3. The van der Waals surface area contributed by atoms with E-state index in [0.29, 0.717) is 0 Å². The summed E-state index contributed by atoms with van der Waals surface area (Å²) in [7, 11) is 0. The summed E-state index contributed by atoms with van der Waals surface area (Å²) >= 11 is 0. The normalized spacial score (nSPS) is 11.5. The first-order valence-electron chi connectivity index (χ1n) is 4.54. The van der Waals surface area contributed by atoms with Crippen LogP contribution in [0.4, 0.5) is 8.78 Å². The maximum absolute atomic E-state index is 13.2. The van der Waals surface area contributed by atoms with Gasteiger partial charge in [0.05, 0.1) is 19.4 Å². The molecular formula is C8H11F2N3O3. The standard InChI is InChI=1S/C8H11F2N3O3/c1-2-16-7(15)8(9,10)5-13-3-6(4-14)11-12-13/h3,14H,2,4-5H2,1H3. The molecule has 0 aliphatic heterocycles. The molecule has 0 atom stereocenters. The van der Waals surface area contributed by atoms with Crippen molar-refractivity contribution in [1.29, 1.82) is 0 Å². The van der Waals surface area contributed by atoms with Crippen molar-refractivity contribution in [3.05, 3.63) is 11.9 Å². The minimum Gasteiger partial charge on any atom is -0.462 e. The highest BCUT2D eigenvalue weighted by Crippen LogP contribution is 2.18. The molecule has 8 heteroatoms. The van der Waals surface area contributed by atoms with Crippen molar-refractivity contribution in [1.82, 2.24) is 15.0 Å². The van der Waals surface area contributed by atoms with Gasteiger partial charge in [-0.3, -0.25) is 0 Å². The predicted molar refractivity (Wildman–Crippen MR) is 47.5 cm³/mol. The lowest BCUT2D eigenvalue weighted by Gasteiger charge is -2.13. The summed E-state index contributed by atoms with van der Waals surface area (Å²) in [6.45, 7) is -0.0369. The van der Waals surface area contributed by atoms with Crippen LogP contribution in [0.1, 0.15) is 12.6 Å². The van der Waals surface area contributed by atoms with Gasteiger partial charge in [-0.2, -0.15) is 8.78 Å². The maximum Gasteiger partial charge on any atom is 0.379 e. The third-order valence-electron chi connectivity index (χ3n) is 1.68. The van der Waals surface area contributed by atoms with Crippen molar-refractivity contribution in [3.8, 4) is 0 Å². The summed E-state index contributed by atoms with van der Waals surface area (Å²) in [5.41, 5.74) is 0.152. The van der Waals surface area contributed by atoms with E-state index in [0.717, 1.165) is 10.9 Å². The number of aliphatic hydroxyl groups excluding tert-OH is 1. The van der Waals surface area contributed by atoms with Crippen LogP contribution >= 0.6 is 0 Å². The summed E-state index contributed by atoms with van der Waals surface area (Å²) in [6.07, 6.45) is 1.13. The first-order valence-corrected chi connectivity index (χ1v) is 4.54. The molecule has 1 heterocycles. The Hall–Kier alpha value is -1.57. The second-order valence-corrected chi connectivity index (χ2v) is 2.99. The monoisotopic (exact) mass is 235 g/mol. The lowest BCUT2D eigenvalue weighted by Crippen LogP contribution is -2.35. The summed E-state index contributed by atoms with van der Waals surface area (Å²) in [4.78, 5) is 10.9. The van der Waals surface area contributed by atoms with Gasteiger partial charge in [0.15, 0.2) is 0 Å². The van der Waals surface area contributed by atoms with Gasteiger partial charge in [-0.05, 0) is 6.92 Å². The average Bonchev–Trinajstić information content (AvgIpc) is 2.65. The molecule has 1 rings (SSSR count). The van der Waals surface area contributed by atoms with E-state index in [1.165, 1.54) is 6.92 Å². The molecule has 0 saturated heterocycles. The highest BCUT2D eigenvalue weighted by molar-refractivity contribution is 5.77. The molecule has 0 amide bonds. The molecule has 0 bridgehead atoms. The van der Waals surface area contributed by atoms with Crippen LogP contribution in [-0.2, 0) is 22.7 Å². The quantitative estimate of drug-likeness (QED) is 0.725. The molecular weight excluding hydrogens is 224 g/mol. The zero-order valence-corrected chi connectivity index (χ0v) is 8.56. The van der Waals surface area contributed by atoms with Gasteiger partial charge in [0.2, 0.25) is 0 Å². The summed E-state index contributed by atoms with van der Waals surface area (Å²) in [5, 5.41) is 15.4. The number of aromatic nitrogens is 3. The van der Waals surface area contributed by atoms with E-state index in [-0.39, 0.29) is 12.3 Å². The third kappa shape index (κ3) is 2.96. The Balaban J connectivity index is 2.67. The number of carbonyl (C=O) groups is 1. The number of alkyl halides is 2. The molecule has 0 radical (unpaired) electrons. The average molecular weight is 235 g/mol. The highest BCUT2D eigenvalue weighted by Gasteiger charge is 2.41. The van der Waals surface area contributed by atoms with Crippen LogP contribution in [-0.4, -0.2) is 38.6 Å². The summed E-state index contributed by atoms with van der Waals surface area (Å²) in [6, 6.07) is 0. The van der Waals surface area contributed by atoms with Gasteiger partial charge in [-0.1, -0.05) is 5.21 Å². The van der Waals surface area contributed by atoms with Crippen molar-refractivity contribution < 1.29 is 23.4 Å². The number of hydrogen-bond acceptors (Lipinski definition) is 5. The number of esters is 1. The fourth-order valence-electron chi connectivity index (χ4n) is 0.993. The van der Waals surface area contributed by atoms with Crippen LogP contribution < -0.4 is 0 Å². The van der Waals surface area contributed by atoms with Crippen molar-refractivity contribution in [2.75, 3.05) is 6.61 Å². The number of carbonyl (C=O) groups excluding carboxylic acids is 1. The largest absolute Gasteiger partial charge is 0.462 e. The second-order valence-electron chi connectivity index (χ2n) is 2.99. The molecule has 90 valence electrons. The SMILES string of the molecule is CCOC(=O)C(F)(F)Cn1cc(CO)nn1. The molecule has 0 aliphatic rings. The first-order chi connectivity index (χ1) is 7.49. The molecule has 0 unspecified atom stereocenters. The van der Waals surface area contributed by atoms with Gasteiger partial charge in [0.25, 0.3) is 0 Å². The molecule has 16 heavy (non-hydrogen) atoms. The van der Waals surface area contributed by atoms with Gasteiger partial charge in [-0.25, -0.2) is 9.48 Å². The van der Waals surface area contributed by atoms with Crippen LogP contribution in [0, 0.1) is 0 Å². The fourth-order valence-corrected chi connectivity index (χ4v) is 0.993. The van der Waals surface area contributed by atoms with E-state index in [1.54, 1.807) is 0 Å². The number of ether oxygens (including phenoxy) is 1. The van der Waals surface area contributed by atoms with Crippen LogP contribution in [0.25, 0.3) is 0 Å².